The maximum atomic E-state index is 12.5. The molecule has 106 valence electrons. The van der Waals surface area contributed by atoms with E-state index in [0.717, 1.165) is 11.8 Å². The second-order valence-corrected chi connectivity index (χ2v) is 6.28. The van der Waals surface area contributed by atoms with Gasteiger partial charge in [0.25, 0.3) is 0 Å². The van der Waals surface area contributed by atoms with E-state index in [9.17, 15) is 18.5 Å². The number of nitrogens with zero attached hydrogens (tertiary/aromatic N) is 4. The molecule has 20 heavy (non-hydrogen) atoms. The molecule has 0 N–H and O–H groups in total. The van der Waals surface area contributed by atoms with Gasteiger partial charge in [-0.1, -0.05) is 17.7 Å². The van der Waals surface area contributed by atoms with Gasteiger partial charge in [-0.3, -0.25) is 0 Å². The second kappa shape index (κ2) is 4.67. The molecule has 0 aliphatic carbocycles. The molecule has 0 bridgehead atoms. The molecule has 0 atom stereocenters. The van der Waals surface area contributed by atoms with E-state index in [4.69, 9.17) is 0 Å². The van der Waals surface area contributed by atoms with Crippen molar-refractivity contribution in [2.75, 3.05) is 0 Å². The summed E-state index contributed by atoms with van der Waals surface area (Å²) in [5.41, 5.74) is 2.07. The molecule has 0 fully saturated rings. The summed E-state index contributed by atoms with van der Waals surface area (Å²) in [6.45, 7) is 5.20. The maximum absolute atomic E-state index is 12.5. The molecule has 1 aromatic heterocycles. The zero-order chi connectivity index (χ0) is 15.1. The van der Waals surface area contributed by atoms with E-state index in [1.807, 2.05) is 6.92 Å². The minimum absolute atomic E-state index is 0.110. The van der Waals surface area contributed by atoms with Crippen LogP contribution in [0.4, 0.5) is 0 Å². The molecule has 1 aromatic carbocycles. The van der Waals surface area contributed by atoms with Crippen LogP contribution in [0.5, 0.6) is 0 Å². The highest BCUT2D eigenvalue weighted by Crippen LogP contribution is 2.26. The smallest absolute Gasteiger partial charge is 0.234 e. The van der Waals surface area contributed by atoms with Crippen molar-refractivity contribution >= 4 is 9.84 Å². The molecule has 0 aliphatic heterocycles. The minimum Gasteiger partial charge on any atom is -0.339 e. The number of hydrogen-bond donors (Lipinski definition) is 0. The lowest BCUT2D eigenvalue weighted by atomic mass is 10.1. The van der Waals surface area contributed by atoms with Crippen molar-refractivity contribution in [3.05, 3.63) is 45.1 Å². The van der Waals surface area contributed by atoms with Crippen LogP contribution in [0.2, 0.25) is 0 Å². The molecular formula is C11H12N4O4S. The monoisotopic (exact) mass is 296 g/mol. The van der Waals surface area contributed by atoms with Crippen molar-refractivity contribution in [2.24, 2.45) is 0 Å². The summed E-state index contributed by atoms with van der Waals surface area (Å²) in [4.78, 5) is 10.9. The fourth-order valence-electron chi connectivity index (χ4n) is 2.14. The molecule has 1 heterocycles. The SMILES string of the molecule is Cc1cc(C)c(S(=O)(=O)c2cn([N+](=O)[O-])nn2)c(C)c1. The van der Waals surface area contributed by atoms with Crippen molar-refractivity contribution in [1.82, 2.24) is 15.1 Å². The first-order valence-electron chi connectivity index (χ1n) is 5.63. The first-order valence-corrected chi connectivity index (χ1v) is 7.12. The Morgan fingerprint density at radius 3 is 2.20 bits per heavy atom. The van der Waals surface area contributed by atoms with Gasteiger partial charge in [-0.25, -0.2) is 8.42 Å². The molecule has 2 rings (SSSR count). The lowest BCUT2D eigenvalue weighted by molar-refractivity contribution is -0.553. The van der Waals surface area contributed by atoms with Crippen LogP contribution in [0, 0.1) is 30.9 Å². The molecule has 0 spiro atoms. The summed E-state index contributed by atoms with van der Waals surface area (Å²) in [6, 6.07) is 3.47. The van der Waals surface area contributed by atoms with Gasteiger partial charge in [-0.15, -0.1) is 0 Å². The van der Waals surface area contributed by atoms with Gasteiger partial charge in [-0.05, 0) is 31.9 Å². The molecule has 9 heteroatoms. The summed E-state index contributed by atoms with van der Waals surface area (Å²) in [5, 5.41) is 15.8. The van der Waals surface area contributed by atoms with Crippen molar-refractivity contribution in [2.45, 2.75) is 30.7 Å². The summed E-state index contributed by atoms with van der Waals surface area (Å²) in [6.07, 6.45) is 0.786. The molecule has 8 nitrogen and oxygen atoms in total. The van der Waals surface area contributed by atoms with Gasteiger partial charge in [0, 0.05) is 9.89 Å². The molecular weight excluding hydrogens is 284 g/mol. The molecule has 0 radical (unpaired) electrons. The van der Waals surface area contributed by atoms with Crippen LogP contribution in [0.1, 0.15) is 16.7 Å². The van der Waals surface area contributed by atoms with Gasteiger partial charge in [0.1, 0.15) is 6.20 Å². The van der Waals surface area contributed by atoms with Gasteiger partial charge in [0.05, 0.1) is 9.93 Å². The Hall–Kier alpha value is -2.29. The van der Waals surface area contributed by atoms with Crippen molar-refractivity contribution in [1.29, 1.82) is 0 Å². The van der Waals surface area contributed by atoms with Crippen LogP contribution >= 0.6 is 0 Å². The number of aromatic nitrogens is 3. The lowest BCUT2D eigenvalue weighted by Gasteiger charge is -2.09. The Labute approximate surface area is 115 Å². The third kappa shape index (κ3) is 2.27. The fraction of sp³-hybridized carbons (Fsp3) is 0.273. The Morgan fingerprint density at radius 2 is 1.75 bits per heavy atom. The van der Waals surface area contributed by atoms with Gasteiger partial charge in [-0.2, -0.15) is 0 Å². The number of aryl methyl sites for hydroxylation is 3. The molecule has 0 amide bonds. The van der Waals surface area contributed by atoms with E-state index in [2.05, 4.69) is 10.3 Å². The molecule has 0 saturated carbocycles. The van der Waals surface area contributed by atoms with Crippen LogP contribution in [0.15, 0.2) is 28.3 Å². The van der Waals surface area contributed by atoms with E-state index in [1.165, 1.54) is 0 Å². The highest BCUT2D eigenvalue weighted by Gasteiger charge is 2.28. The van der Waals surface area contributed by atoms with Crippen LogP contribution in [-0.2, 0) is 9.84 Å². The van der Waals surface area contributed by atoms with E-state index in [0.29, 0.717) is 11.1 Å². The fourth-order valence-corrected chi connectivity index (χ4v) is 3.69. The topological polar surface area (TPSA) is 108 Å². The summed E-state index contributed by atoms with van der Waals surface area (Å²) >= 11 is 0. The van der Waals surface area contributed by atoms with E-state index in [-0.39, 0.29) is 9.69 Å². The van der Waals surface area contributed by atoms with Crippen molar-refractivity contribution in [3.8, 4) is 0 Å². The Bertz CT molecular complexity index is 771. The average Bonchev–Trinajstić information content (AvgIpc) is 2.76. The predicted octanol–water partition coefficient (Wildman–Crippen LogP) is 1.08. The normalized spacial score (nSPS) is 11.6. The Morgan fingerprint density at radius 1 is 1.20 bits per heavy atom. The van der Waals surface area contributed by atoms with E-state index < -0.39 is 19.9 Å². The van der Waals surface area contributed by atoms with Crippen molar-refractivity contribution in [3.63, 3.8) is 0 Å². The number of benzene rings is 1. The van der Waals surface area contributed by atoms with Crippen LogP contribution in [0.3, 0.4) is 0 Å². The van der Waals surface area contributed by atoms with Gasteiger partial charge < -0.3 is 10.1 Å². The number of nitro groups is 1. The second-order valence-electron chi connectivity index (χ2n) is 4.45. The van der Waals surface area contributed by atoms with E-state index >= 15 is 0 Å². The number of sulfone groups is 1. The zero-order valence-electron chi connectivity index (χ0n) is 11.1. The first-order chi connectivity index (χ1) is 9.23. The van der Waals surface area contributed by atoms with Gasteiger partial charge in [0.2, 0.25) is 14.9 Å². The molecule has 0 unspecified atom stereocenters. The Kier molecular flexibility index (Phi) is 3.30. The predicted molar refractivity (Wildman–Crippen MR) is 68.5 cm³/mol. The third-order valence-corrected chi connectivity index (χ3v) is 4.70. The summed E-state index contributed by atoms with van der Waals surface area (Å²) < 4.78 is 25.0. The first kappa shape index (κ1) is 14.1. The van der Waals surface area contributed by atoms with Crippen LogP contribution in [-0.4, -0.2) is 28.6 Å². The standard InChI is InChI=1S/C11H12N4O4S/c1-7-4-8(2)11(9(3)5-7)20(18,19)10-6-14(13-12-10)15(16)17/h4-6H,1-3H3. The average molecular weight is 296 g/mol. The van der Waals surface area contributed by atoms with Crippen LogP contribution in [0.25, 0.3) is 0 Å². The maximum Gasteiger partial charge on any atom is 0.234 e. The van der Waals surface area contributed by atoms with Gasteiger partial charge >= 0.3 is 0 Å². The highest BCUT2D eigenvalue weighted by atomic mass is 32.2. The van der Waals surface area contributed by atoms with Crippen LogP contribution < -0.4 is 0 Å². The third-order valence-electron chi connectivity index (χ3n) is 2.78. The largest absolute Gasteiger partial charge is 0.339 e. The number of hydrogen-bond acceptors (Lipinski definition) is 6. The lowest BCUT2D eigenvalue weighted by Crippen LogP contribution is -2.09. The van der Waals surface area contributed by atoms with Gasteiger partial charge in [0.15, 0.2) is 5.21 Å². The summed E-state index contributed by atoms with van der Waals surface area (Å²) in [5.74, 6) is 0. The Balaban J connectivity index is 2.63. The van der Waals surface area contributed by atoms with Crippen molar-refractivity contribution < 1.29 is 13.5 Å². The zero-order valence-corrected chi connectivity index (χ0v) is 11.9. The minimum atomic E-state index is -3.93. The quantitative estimate of drug-likeness (QED) is 0.619. The van der Waals surface area contributed by atoms with E-state index in [1.54, 1.807) is 26.0 Å². The molecule has 0 aliphatic rings. The highest BCUT2D eigenvalue weighted by molar-refractivity contribution is 7.91. The summed E-state index contributed by atoms with van der Waals surface area (Å²) in [7, 11) is -3.93. The molecule has 0 saturated heterocycles. The molecule has 2 aromatic rings. The number of rotatable bonds is 3.